The van der Waals surface area contributed by atoms with Gasteiger partial charge in [0.15, 0.2) is 5.78 Å². The van der Waals surface area contributed by atoms with Crippen molar-refractivity contribution in [1.29, 1.82) is 0 Å². The number of hydrogen-bond donors (Lipinski definition) is 2. The average molecular weight is 334 g/mol. The molecule has 3 heteroatoms. The highest BCUT2D eigenvalue weighted by Gasteiger charge is 2.61. The lowest BCUT2D eigenvalue weighted by Gasteiger charge is -2.60. The van der Waals surface area contributed by atoms with Crippen LogP contribution in [0.25, 0.3) is 0 Å². The van der Waals surface area contributed by atoms with E-state index in [0.29, 0.717) is 11.3 Å². The quantitative estimate of drug-likeness (QED) is 0.753. The molecule has 24 heavy (non-hydrogen) atoms. The van der Waals surface area contributed by atoms with Gasteiger partial charge in [-0.15, -0.1) is 0 Å². The summed E-state index contributed by atoms with van der Waals surface area (Å²) in [5.41, 5.74) is 0.529. The molecule has 0 heterocycles. The Balaban J connectivity index is 1.60. The van der Waals surface area contributed by atoms with Gasteiger partial charge >= 0.3 is 0 Å². The van der Waals surface area contributed by atoms with Gasteiger partial charge in [0.05, 0.1) is 0 Å². The monoisotopic (exact) mass is 334 g/mol. The van der Waals surface area contributed by atoms with Gasteiger partial charge in [-0.2, -0.15) is 0 Å². The van der Waals surface area contributed by atoms with Crippen LogP contribution in [0.15, 0.2) is 0 Å². The molecule has 4 aliphatic carbocycles. The molecule has 0 radical (unpaired) electrons. The van der Waals surface area contributed by atoms with Crippen LogP contribution in [0.1, 0.15) is 78.1 Å². The molecule has 136 valence electrons. The fourth-order valence-corrected chi connectivity index (χ4v) is 7.94. The first-order valence-electron chi connectivity index (χ1n) is 10.3. The molecule has 1 unspecified atom stereocenters. The number of carbonyl (C=O) groups is 1. The number of ketones is 1. The van der Waals surface area contributed by atoms with Crippen LogP contribution in [0.3, 0.4) is 0 Å². The summed E-state index contributed by atoms with van der Waals surface area (Å²) in [6, 6.07) is 0. The maximum Gasteiger partial charge on any atom is 0.213 e. The molecule has 7 atom stereocenters. The minimum Gasteiger partial charge on any atom is -0.362 e. The third-order valence-corrected chi connectivity index (χ3v) is 9.18. The topological polar surface area (TPSA) is 57.5 Å². The summed E-state index contributed by atoms with van der Waals surface area (Å²) in [5.74, 6) is 2.68. The number of fused-ring (bicyclic) bond motifs is 5. The zero-order chi connectivity index (χ0) is 17.1. The number of aliphatic hydroxyl groups excluding tert-OH is 1. The summed E-state index contributed by atoms with van der Waals surface area (Å²) < 4.78 is 0. The highest BCUT2D eigenvalue weighted by Crippen LogP contribution is 2.67. The number of hydrogen-bond acceptors (Lipinski definition) is 3. The smallest absolute Gasteiger partial charge is 0.213 e. The number of rotatable bonds is 2. The minimum atomic E-state index is -1.78. The van der Waals surface area contributed by atoms with Crippen LogP contribution in [0.4, 0.5) is 0 Å². The zero-order valence-corrected chi connectivity index (χ0v) is 15.3. The number of carbonyl (C=O) groups excluding carboxylic acids is 1. The Morgan fingerprint density at radius 1 is 0.875 bits per heavy atom. The van der Waals surface area contributed by atoms with E-state index < -0.39 is 6.29 Å². The molecule has 0 spiro atoms. The van der Waals surface area contributed by atoms with Gasteiger partial charge in [0.25, 0.3) is 0 Å². The SMILES string of the molecule is C[C@]12CC[C@H]3[C@@H](CCC4CCCC[C@@]43C)[C@@H]1CC[C@@H]2C(=O)C(O)O. The lowest BCUT2D eigenvalue weighted by Crippen LogP contribution is -2.53. The van der Waals surface area contributed by atoms with Gasteiger partial charge < -0.3 is 10.2 Å². The molecule has 0 aliphatic heterocycles. The molecule has 0 aromatic heterocycles. The number of Topliss-reactive ketones (excluding diaryl/α,β-unsaturated/α-hetero) is 1. The van der Waals surface area contributed by atoms with Gasteiger partial charge in [-0.25, -0.2) is 0 Å². The lowest BCUT2D eigenvalue weighted by atomic mass is 9.45. The standard InChI is InChI=1S/C21H34O3/c1-20-11-4-3-5-13(20)6-7-14-15-8-9-17(18(22)19(23)24)21(15,2)12-10-16(14)20/h13-17,19,23-24H,3-12H2,1-2H3/t13?,14-,15-,16-,17+,20-,21-/m0/s1. The summed E-state index contributed by atoms with van der Waals surface area (Å²) in [7, 11) is 0. The van der Waals surface area contributed by atoms with Crippen LogP contribution in [0, 0.1) is 40.4 Å². The molecule has 0 amide bonds. The van der Waals surface area contributed by atoms with Gasteiger partial charge in [0.2, 0.25) is 6.29 Å². The van der Waals surface area contributed by atoms with E-state index in [2.05, 4.69) is 13.8 Å². The van der Waals surface area contributed by atoms with Crippen molar-refractivity contribution in [1.82, 2.24) is 0 Å². The Morgan fingerprint density at radius 3 is 2.38 bits per heavy atom. The van der Waals surface area contributed by atoms with Crippen molar-refractivity contribution in [3.8, 4) is 0 Å². The van der Waals surface area contributed by atoms with Crippen molar-refractivity contribution < 1.29 is 15.0 Å². The highest BCUT2D eigenvalue weighted by atomic mass is 16.5. The predicted molar refractivity (Wildman–Crippen MR) is 93.1 cm³/mol. The van der Waals surface area contributed by atoms with Crippen LogP contribution in [-0.4, -0.2) is 22.3 Å². The molecular formula is C21H34O3. The Kier molecular flexibility index (Phi) is 4.12. The maximum atomic E-state index is 12.4. The van der Waals surface area contributed by atoms with E-state index in [1.165, 1.54) is 44.9 Å². The van der Waals surface area contributed by atoms with Crippen molar-refractivity contribution in [2.75, 3.05) is 0 Å². The van der Waals surface area contributed by atoms with Crippen LogP contribution >= 0.6 is 0 Å². The first kappa shape index (κ1) is 17.0. The molecule has 4 aliphatic rings. The van der Waals surface area contributed by atoms with Crippen molar-refractivity contribution in [2.45, 2.75) is 84.3 Å². The number of aliphatic hydroxyl groups is 2. The van der Waals surface area contributed by atoms with E-state index in [-0.39, 0.29) is 17.1 Å². The highest BCUT2D eigenvalue weighted by molar-refractivity contribution is 5.84. The van der Waals surface area contributed by atoms with Crippen molar-refractivity contribution in [3.05, 3.63) is 0 Å². The van der Waals surface area contributed by atoms with Gasteiger partial charge in [-0.05, 0) is 85.9 Å². The molecule has 0 saturated heterocycles. The first-order valence-corrected chi connectivity index (χ1v) is 10.3. The molecule has 0 aromatic carbocycles. The largest absolute Gasteiger partial charge is 0.362 e. The van der Waals surface area contributed by atoms with Crippen molar-refractivity contribution in [3.63, 3.8) is 0 Å². The summed E-state index contributed by atoms with van der Waals surface area (Å²) in [4.78, 5) is 12.4. The van der Waals surface area contributed by atoms with Crippen LogP contribution < -0.4 is 0 Å². The predicted octanol–water partition coefficient (Wildman–Crippen LogP) is 3.92. The van der Waals surface area contributed by atoms with Crippen LogP contribution in [0.2, 0.25) is 0 Å². The van der Waals surface area contributed by atoms with E-state index in [1.807, 2.05) is 0 Å². The minimum absolute atomic E-state index is 0.000175. The lowest BCUT2D eigenvalue weighted by molar-refractivity contribution is -0.158. The van der Waals surface area contributed by atoms with E-state index in [9.17, 15) is 15.0 Å². The summed E-state index contributed by atoms with van der Waals surface area (Å²) >= 11 is 0. The molecular weight excluding hydrogens is 300 g/mol. The Hall–Kier alpha value is -0.410. The van der Waals surface area contributed by atoms with Gasteiger partial charge in [-0.1, -0.05) is 26.7 Å². The fraction of sp³-hybridized carbons (Fsp3) is 0.952. The third kappa shape index (κ3) is 2.26. The second kappa shape index (κ2) is 5.81. The molecule has 0 bridgehead atoms. The molecule has 2 N–H and O–H groups in total. The normalized spacial score (nSPS) is 51.0. The van der Waals surface area contributed by atoms with Crippen molar-refractivity contribution in [2.24, 2.45) is 40.4 Å². The summed E-state index contributed by atoms with van der Waals surface area (Å²) in [6.45, 7) is 4.85. The Labute approximate surface area is 146 Å². The van der Waals surface area contributed by atoms with Gasteiger partial charge in [-0.3, -0.25) is 4.79 Å². The second-order valence-corrected chi connectivity index (χ2v) is 9.85. The molecule has 0 aromatic rings. The van der Waals surface area contributed by atoms with E-state index in [1.54, 1.807) is 0 Å². The first-order chi connectivity index (χ1) is 11.4. The second-order valence-electron chi connectivity index (χ2n) is 9.85. The van der Waals surface area contributed by atoms with E-state index in [4.69, 9.17) is 0 Å². The molecule has 3 nitrogen and oxygen atoms in total. The molecule has 4 rings (SSSR count). The summed E-state index contributed by atoms with van der Waals surface area (Å²) in [5, 5.41) is 18.8. The van der Waals surface area contributed by atoms with Crippen LogP contribution in [0.5, 0.6) is 0 Å². The Bertz CT molecular complexity index is 515. The molecule has 4 fully saturated rings. The van der Waals surface area contributed by atoms with E-state index in [0.717, 1.165) is 37.0 Å². The fourth-order valence-electron chi connectivity index (χ4n) is 7.94. The maximum absolute atomic E-state index is 12.4. The third-order valence-electron chi connectivity index (χ3n) is 9.18. The van der Waals surface area contributed by atoms with Gasteiger partial charge in [0.1, 0.15) is 0 Å². The van der Waals surface area contributed by atoms with Crippen LogP contribution in [-0.2, 0) is 4.79 Å². The Morgan fingerprint density at radius 2 is 1.62 bits per heavy atom. The summed E-state index contributed by atoms with van der Waals surface area (Å²) in [6.07, 6.45) is 10.9. The van der Waals surface area contributed by atoms with Crippen molar-refractivity contribution >= 4 is 5.78 Å². The van der Waals surface area contributed by atoms with Gasteiger partial charge in [0, 0.05) is 5.92 Å². The zero-order valence-electron chi connectivity index (χ0n) is 15.3. The molecule has 4 saturated carbocycles. The van der Waals surface area contributed by atoms with E-state index >= 15 is 0 Å². The average Bonchev–Trinajstić information content (AvgIpc) is 2.90.